The summed E-state index contributed by atoms with van der Waals surface area (Å²) in [7, 11) is 0. The first-order valence-corrected chi connectivity index (χ1v) is 12.2. The molecule has 3 heterocycles. The fraction of sp³-hybridized carbons (Fsp3) is 0.667. The Balaban J connectivity index is 1.19. The third kappa shape index (κ3) is 3.20. The van der Waals surface area contributed by atoms with Crippen molar-refractivity contribution in [3.05, 3.63) is 22.4 Å². The van der Waals surface area contributed by atoms with Crippen molar-refractivity contribution < 1.29 is 9.59 Å². The van der Waals surface area contributed by atoms with Crippen molar-refractivity contribution in [1.29, 1.82) is 0 Å². The van der Waals surface area contributed by atoms with E-state index >= 15 is 0 Å². The summed E-state index contributed by atoms with van der Waals surface area (Å²) < 4.78 is -0.489. The molecule has 3 fully saturated rings. The number of nitrogens with zero attached hydrogens (tertiary/aromatic N) is 2. The zero-order valence-corrected chi connectivity index (χ0v) is 17.9. The molecule has 2 bridgehead atoms. The molecule has 4 aliphatic rings. The highest BCUT2D eigenvalue weighted by Gasteiger charge is 2.49. The Morgan fingerprint density at radius 3 is 2.71 bits per heavy atom. The molecule has 2 amide bonds. The van der Waals surface area contributed by atoms with Crippen LogP contribution in [0.4, 0.5) is 0 Å². The monoisotopic (exact) mass is 417 g/mol. The van der Waals surface area contributed by atoms with Crippen LogP contribution in [-0.4, -0.2) is 45.8 Å². The number of nitrogens with one attached hydrogen (secondary N) is 1. The summed E-state index contributed by atoms with van der Waals surface area (Å²) in [6.07, 6.45) is 7.00. The van der Waals surface area contributed by atoms with E-state index in [-0.39, 0.29) is 17.7 Å². The molecule has 1 aromatic heterocycles. The zero-order chi connectivity index (χ0) is 19.3. The molecule has 4 atom stereocenters. The van der Waals surface area contributed by atoms with Crippen LogP contribution in [0, 0.1) is 17.8 Å². The molecule has 7 heteroatoms. The minimum atomic E-state index is -0.489. The van der Waals surface area contributed by atoms with Gasteiger partial charge in [0.15, 0.2) is 5.17 Å². The number of rotatable bonds is 3. The van der Waals surface area contributed by atoms with Crippen LogP contribution >= 0.6 is 23.1 Å². The zero-order valence-electron chi connectivity index (χ0n) is 16.2. The van der Waals surface area contributed by atoms with Gasteiger partial charge in [-0.25, -0.2) is 0 Å². The van der Waals surface area contributed by atoms with Crippen LogP contribution in [0.2, 0.25) is 0 Å². The number of thiophene rings is 1. The van der Waals surface area contributed by atoms with E-state index in [1.165, 1.54) is 25.7 Å². The minimum absolute atomic E-state index is 0.00534. The largest absolute Gasteiger partial charge is 0.361 e. The molecule has 0 radical (unpaired) electrons. The second kappa shape index (κ2) is 7.17. The lowest BCUT2D eigenvalue weighted by molar-refractivity contribution is -0.121. The number of carbonyl (C=O) groups excluding carboxylic acids is 2. The summed E-state index contributed by atoms with van der Waals surface area (Å²) >= 11 is 3.19. The Kier molecular flexibility index (Phi) is 4.78. The molecule has 2 saturated carbocycles. The maximum absolute atomic E-state index is 12.8. The molecule has 1 aromatic rings. The second-order valence-corrected chi connectivity index (χ2v) is 11.2. The number of amidine groups is 1. The van der Waals surface area contributed by atoms with Crippen LogP contribution in [0.15, 0.2) is 21.8 Å². The van der Waals surface area contributed by atoms with E-state index in [1.54, 1.807) is 23.1 Å². The molecule has 5 nitrogen and oxygen atoms in total. The van der Waals surface area contributed by atoms with Gasteiger partial charge in [-0.05, 0) is 68.2 Å². The van der Waals surface area contributed by atoms with Crippen molar-refractivity contribution in [2.24, 2.45) is 22.7 Å². The van der Waals surface area contributed by atoms with E-state index < -0.39 is 4.75 Å². The molecule has 0 spiro atoms. The van der Waals surface area contributed by atoms with E-state index in [0.29, 0.717) is 6.04 Å². The van der Waals surface area contributed by atoms with Crippen LogP contribution in [0.1, 0.15) is 55.8 Å². The summed E-state index contributed by atoms with van der Waals surface area (Å²) in [4.78, 5) is 31.7. The molecule has 2 aliphatic carbocycles. The minimum Gasteiger partial charge on any atom is -0.361 e. The van der Waals surface area contributed by atoms with Gasteiger partial charge in [0.2, 0.25) is 0 Å². The first-order chi connectivity index (χ1) is 13.5. The Morgan fingerprint density at radius 1 is 1.25 bits per heavy atom. The van der Waals surface area contributed by atoms with Crippen LogP contribution in [0.5, 0.6) is 0 Å². The third-order valence-corrected chi connectivity index (χ3v) is 9.33. The van der Waals surface area contributed by atoms with E-state index in [2.05, 4.69) is 17.2 Å². The Hall–Kier alpha value is -1.34. The van der Waals surface area contributed by atoms with E-state index in [1.807, 2.05) is 21.7 Å². The first kappa shape index (κ1) is 18.7. The van der Waals surface area contributed by atoms with Crippen LogP contribution < -0.4 is 5.32 Å². The molecule has 2 aliphatic heterocycles. The Morgan fingerprint density at radius 2 is 2.07 bits per heavy atom. The second-order valence-electron chi connectivity index (χ2n) is 8.94. The van der Waals surface area contributed by atoms with E-state index in [0.717, 1.165) is 48.5 Å². The van der Waals surface area contributed by atoms with Crippen LogP contribution in [0.25, 0.3) is 0 Å². The molecular weight excluding hydrogens is 390 g/mol. The van der Waals surface area contributed by atoms with Gasteiger partial charge in [0.25, 0.3) is 11.8 Å². The fourth-order valence-corrected chi connectivity index (χ4v) is 7.48. The first-order valence-electron chi connectivity index (χ1n) is 10.4. The number of thioether (sulfide) groups is 1. The van der Waals surface area contributed by atoms with Crippen molar-refractivity contribution in [1.82, 2.24) is 10.2 Å². The number of piperidine rings is 1. The number of aliphatic imine (C=N–C) groups is 1. The third-order valence-electron chi connectivity index (χ3n) is 7.31. The maximum Gasteiger partial charge on any atom is 0.264 e. The normalized spacial score (nSPS) is 35.5. The van der Waals surface area contributed by atoms with Gasteiger partial charge in [-0.15, -0.1) is 0 Å². The molecule has 150 valence electrons. The van der Waals surface area contributed by atoms with Gasteiger partial charge in [-0.2, -0.15) is 16.3 Å². The SMILES string of the molecule is CC1(C2CCN(C(=O)c3ccsc3)CC2)SC(N[C@H]2C[C@@H]3CCC2C3)=NC1=O. The van der Waals surface area contributed by atoms with Gasteiger partial charge in [-0.3, -0.25) is 9.59 Å². The highest BCUT2D eigenvalue weighted by Crippen LogP contribution is 2.47. The quantitative estimate of drug-likeness (QED) is 0.813. The number of fused-ring (bicyclic) bond motifs is 2. The van der Waals surface area contributed by atoms with Crippen molar-refractivity contribution in [3.8, 4) is 0 Å². The van der Waals surface area contributed by atoms with Gasteiger partial charge >= 0.3 is 0 Å². The van der Waals surface area contributed by atoms with Gasteiger partial charge in [0.05, 0.1) is 5.56 Å². The summed E-state index contributed by atoms with van der Waals surface area (Å²) in [5.41, 5.74) is 0.779. The summed E-state index contributed by atoms with van der Waals surface area (Å²) in [6.45, 7) is 3.50. The molecule has 2 unspecified atom stereocenters. The van der Waals surface area contributed by atoms with Crippen molar-refractivity contribution in [2.45, 2.75) is 56.2 Å². The number of likely N-dealkylation sites (tertiary alicyclic amines) is 1. The number of hydrogen-bond acceptors (Lipinski definition) is 5. The smallest absolute Gasteiger partial charge is 0.264 e. The summed E-state index contributed by atoms with van der Waals surface area (Å²) in [6, 6.07) is 2.39. The highest BCUT2D eigenvalue weighted by molar-refractivity contribution is 8.16. The Labute approximate surface area is 174 Å². The average molecular weight is 418 g/mol. The summed E-state index contributed by atoms with van der Waals surface area (Å²) in [5.74, 6) is 2.03. The van der Waals surface area contributed by atoms with Gasteiger partial charge in [0.1, 0.15) is 4.75 Å². The lowest BCUT2D eigenvalue weighted by Gasteiger charge is -2.38. The molecule has 28 heavy (non-hydrogen) atoms. The number of carbonyl (C=O) groups is 2. The van der Waals surface area contributed by atoms with Crippen molar-refractivity contribution >= 4 is 40.1 Å². The lowest BCUT2D eigenvalue weighted by Crippen LogP contribution is -2.46. The number of amides is 2. The maximum atomic E-state index is 12.8. The van der Waals surface area contributed by atoms with Crippen LogP contribution in [-0.2, 0) is 4.79 Å². The molecule has 1 N–H and O–H groups in total. The van der Waals surface area contributed by atoms with Gasteiger partial charge < -0.3 is 10.2 Å². The van der Waals surface area contributed by atoms with Gasteiger partial charge in [0, 0.05) is 24.5 Å². The molecular formula is C21H27N3O2S2. The van der Waals surface area contributed by atoms with Crippen molar-refractivity contribution in [3.63, 3.8) is 0 Å². The number of hydrogen-bond donors (Lipinski definition) is 1. The molecule has 0 aromatic carbocycles. The average Bonchev–Trinajstić information content (AvgIpc) is 3.48. The summed E-state index contributed by atoms with van der Waals surface area (Å²) in [5, 5.41) is 8.29. The molecule has 5 rings (SSSR count). The topological polar surface area (TPSA) is 61.8 Å². The fourth-order valence-electron chi connectivity index (χ4n) is 5.57. The van der Waals surface area contributed by atoms with Crippen LogP contribution in [0.3, 0.4) is 0 Å². The Bertz CT molecular complexity index is 801. The van der Waals surface area contributed by atoms with Gasteiger partial charge in [-0.1, -0.05) is 18.2 Å². The van der Waals surface area contributed by atoms with Crippen molar-refractivity contribution in [2.75, 3.05) is 13.1 Å². The highest BCUT2D eigenvalue weighted by atomic mass is 32.2. The predicted molar refractivity (Wildman–Crippen MR) is 114 cm³/mol. The molecule has 1 saturated heterocycles. The lowest BCUT2D eigenvalue weighted by atomic mass is 9.84. The standard InChI is InChI=1S/C21H27N3O2S2/c1-21(16-4-7-24(8-5-16)18(25)15-6-9-27-12-15)19(26)23-20(28-21)22-17-11-13-2-3-14(17)10-13/h6,9,12-14,16-17H,2-5,7-8,10-11H2,1H3,(H,22,23,26)/t13-,14?,17+,21?/m1/s1. The van der Waals surface area contributed by atoms with E-state index in [4.69, 9.17) is 0 Å². The van der Waals surface area contributed by atoms with E-state index in [9.17, 15) is 9.59 Å². The predicted octanol–water partition coefficient (Wildman–Crippen LogP) is 3.77.